The van der Waals surface area contributed by atoms with Crippen LogP contribution in [-0.2, 0) is 24.2 Å². The van der Waals surface area contributed by atoms with Gasteiger partial charge in [-0.05, 0) is 37.2 Å². The number of rotatable bonds is 6. The molecule has 128 valence electrons. The Balaban J connectivity index is 2.09. The molecule has 6 nitrogen and oxygen atoms in total. The van der Waals surface area contributed by atoms with E-state index in [1.54, 1.807) is 6.07 Å². The normalized spacial score (nSPS) is 17.0. The van der Waals surface area contributed by atoms with E-state index in [0.29, 0.717) is 0 Å². The maximum atomic E-state index is 12.2. The molecule has 0 fully saturated rings. The molecule has 1 heterocycles. The van der Waals surface area contributed by atoms with Gasteiger partial charge >= 0.3 is 0 Å². The van der Waals surface area contributed by atoms with Gasteiger partial charge in [-0.15, -0.1) is 0 Å². The number of fused-ring (bicyclic) bond motifs is 1. The number of carbonyl (C=O) groups is 1. The number of aryl methyl sites for hydroxylation is 2. The predicted octanol–water partition coefficient (Wildman–Crippen LogP) is 1.04. The molecule has 0 saturated heterocycles. The number of amides is 1. The van der Waals surface area contributed by atoms with Gasteiger partial charge in [-0.2, -0.15) is 5.10 Å². The van der Waals surface area contributed by atoms with Gasteiger partial charge in [0, 0.05) is 6.07 Å². The molecular formula is C17H27N3O3. The van der Waals surface area contributed by atoms with Gasteiger partial charge in [0.05, 0.1) is 18.3 Å². The second kappa shape index (κ2) is 8.24. The van der Waals surface area contributed by atoms with Gasteiger partial charge in [-0.1, -0.05) is 26.7 Å². The van der Waals surface area contributed by atoms with E-state index in [1.807, 2.05) is 13.8 Å². The summed E-state index contributed by atoms with van der Waals surface area (Å²) < 4.78 is 1.24. The van der Waals surface area contributed by atoms with Crippen LogP contribution in [0.1, 0.15) is 50.8 Å². The number of carbonyl (C=O) groups excluding carboxylic acids is 1. The average Bonchev–Trinajstić information content (AvgIpc) is 2.77. The Bertz CT molecular complexity index is 597. The summed E-state index contributed by atoms with van der Waals surface area (Å²) in [6.45, 7) is 3.79. The van der Waals surface area contributed by atoms with Gasteiger partial charge in [0.25, 0.3) is 5.56 Å². The maximum Gasteiger partial charge on any atom is 0.267 e. The number of nitrogens with one attached hydrogen (secondary N) is 1. The van der Waals surface area contributed by atoms with Crippen molar-refractivity contribution in [3.8, 4) is 0 Å². The van der Waals surface area contributed by atoms with E-state index in [1.165, 1.54) is 4.68 Å². The van der Waals surface area contributed by atoms with E-state index in [0.717, 1.165) is 49.8 Å². The Hall–Kier alpha value is -1.69. The van der Waals surface area contributed by atoms with Crippen molar-refractivity contribution in [1.29, 1.82) is 0 Å². The molecule has 2 rings (SSSR count). The standard InChI is InChI=1S/C17H27N3O3/c1-3-12(2)15(11-21)18-16(22)10-20-17(23)9-13-7-5-4-6-8-14(13)19-20/h9,12,15,21H,3-8,10-11H2,1-2H3,(H,18,22)/t12-,15-/m0/s1. The quantitative estimate of drug-likeness (QED) is 0.767. The molecule has 0 spiro atoms. The lowest BCUT2D eigenvalue weighted by molar-refractivity contribution is -0.123. The third kappa shape index (κ3) is 4.64. The third-order valence-corrected chi connectivity index (χ3v) is 4.69. The van der Waals surface area contributed by atoms with E-state index in [2.05, 4.69) is 10.4 Å². The average molecular weight is 321 g/mol. The van der Waals surface area contributed by atoms with E-state index >= 15 is 0 Å². The summed E-state index contributed by atoms with van der Waals surface area (Å²) in [4.78, 5) is 24.3. The number of nitrogens with zero attached hydrogens (tertiary/aromatic N) is 2. The second-order valence-corrected chi connectivity index (χ2v) is 6.41. The molecule has 0 unspecified atom stereocenters. The van der Waals surface area contributed by atoms with Gasteiger partial charge in [0.2, 0.25) is 5.91 Å². The SMILES string of the molecule is CC[C@H](C)[C@H](CO)NC(=O)Cn1nc2c(cc1=O)CCCCC2. The van der Waals surface area contributed by atoms with Crippen molar-refractivity contribution >= 4 is 5.91 Å². The van der Waals surface area contributed by atoms with E-state index in [4.69, 9.17) is 0 Å². The third-order valence-electron chi connectivity index (χ3n) is 4.69. The Morgan fingerprint density at radius 2 is 2.13 bits per heavy atom. The van der Waals surface area contributed by atoms with Crippen molar-refractivity contribution in [3.05, 3.63) is 27.7 Å². The number of aliphatic hydroxyl groups is 1. The van der Waals surface area contributed by atoms with Crippen molar-refractivity contribution in [2.24, 2.45) is 5.92 Å². The minimum absolute atomic E-state index is 0.0982. The molecule has 0 bridgehead atoms. The van der Waals surface area contributed by atoms with E-state index in [-0.39, 0.29) is 36.6 Å². The zero-order valence-electron chi connectivity index (χ0n) is 14.0. The fourth-order valence-corrected chi connectivity index (χ4v) is 2.93. The van der Waals surface area contributed by atoms with Crippen LogP contribution in [0, 0.1) is 5.92 Å². The summed E-state index contributed by atoms with van der Waals surface area (Å²) >= 11 is 0. The molecule has 0 aromatic carbocycles. The molecule has 0 saturated carbocycles. The highest BCUT2D eigenvalue weighted by Crippen LogP contribution is 2.16. The van der Waals surface area contributed by atoms with Gasteiger partial charge in [0.15, 0.2) is 0 Å². The molecule has 23 heavy (non-hydrogen) atoms. The van der Waals surface area contributed by atoms with Gasteiger partial charge in [0.1, 0.15) is 6.54 Å². The summed E-state index contributed by atoms with van der Waals surface area (Å²) in [5.41, 5.74) is 1.73. The molecule has 1 amide bonds. The number of hydrogen-bond acceptors (Lipinski definition) is 4. The van der Waals surface area contributed by atoms with E-state index < -0.39 is 0 Å². The summed E-state index contributed by atoms with van der Waals surface area (Å²) in [7, 11) is 0. The zero-order chi connectivity index (χ0) is 16.8. The highest BCUT2D eigenvalue weighted by Gasteiger charge is 2.19. The lowest BCUT2D eigenvalue weighted by Gasteiger charge is -2.22. The monoisotopic (exact) mass is 321 g/mol. The first-order valence-electron chi connectivity index (χ1n) is 8.55. The number of hydrogen-bond donors (Lipinski definition) is 2. The molecule has 0 radical (unpaired) electrons. The Morgan fingerprint density at radius 1 is 1.39 bits per heavy atom. The fourth-order valence-electron chi connectivity index (χ4n) is 2.93. The summed E-state index contributed by atoms with van der Waals surface area (Å²) in [5.74, 6) is -0.104. The summed E-state index contributed by atoms with van der Waals surface area (Å²) in [5, 5.41) is 16.6. The summed E-state index contributed by atoms with van der Waals surface area (Å²) in [6, 6.07) is 1.34. The highest BCUT2D eigenvalue weighted by atomic mass is 16.3. The van der Waals surface area contributed by atoms with Crippen LogP contribution < -0.4 is 10.9 Å². The Kier molecular flexibility index (Phi) is 6.33. The van der Waals surface area contributed by atoms with Crippen molar-refractivity contribution in [2.45, 2.75) is 65.0 Å². The predicted molar refractivity (Wildman–Crippen MR) is 88.2 cm³/mol. The van der Waals surface area contributed by atoms with Crippen LogP contribution in [0.4, 0.5) is 0 Å². The molecule has 6 heteroatoms. The van der Waals surface area contributed by atoms with Crippen LogP contribution in [0.3, 0.4) is 0 Å². The van der Waals surface area contributed by atoms with Gasteiger partial charge in [-0.3, -0.25) is 9.59 Å². The second-order valence-electron chi connectivity index (χ2n) is 6.41. The molecule has 0 aliphatic heterocycles. The lowest BCUT2D eigenvalue weighted by Crippen LogP contribution is -2.44. The smallest absolute Gasteiger partial charge is 0.267 e. The Morgan fingerprint density at radius 3 is 2.83 bits per heavy atom. The molecular weight excluding hydrogens is 294 g/mol. The first-order chi connectivity index (χ1) is 11.0. The molecule has 1 aromatic rings. The van der Waals surface area contributed by atoms with Crippen molar-refractivity contribution in [1.82, 2.24) is 15.1 Å². The largest absolute Gasteiger partial charge is 0.394 e. The van der Waals surface area contributed by atoms with Crippen molar-refractivity contribution in [2.75, 3.05) is 6.61 Å². The Labute approximate surface area is 136 Å². The molecule has 2 atom stereocenters. The van der Waals surface area contributed by atoms with Crippen LogP contribution in [0.5, 0.6) is 0 Å². The first kappa shape index (κ1) is 17.7. The number of aliphatic hydroxyl groups excluding tert-OH is 1. The molecule has 2 N–H and O–H groups in total. The van der Waals surface area contributed by atoms with Gasteiger partial charge in [-0.25, -0.2) is 4.68 Å². The van der Waals surface area contributed by atoms with Crippen LogP contribution in [-0.4, -0.2) is 33.4 Å². The maximum absolute atomic E-state index is 12.2. The van der Waals surface area contributed by atoms with Gasteiger partial charge < -0.3 is 10.4 Å². The lowest BCUT2D eigenvalue weighted by atomic mass is 10.00. The minimum Gasteiger partial charge on any atom is -0.394 e. The van der Waals surface area contributed by atoms with Crippen LogP contribution in [0.25, 0.3) is 0 Å². The summed E-state index contributed by atoms with van der Waals surface area (Å²) in [6.07, 6.45) is 5.94. The fraction of sp³-hybridized carbons (Fsp3) is 0.706. The van der Waals surface area contributed by atoms with Crippen LogP contribution in [0.2, 0.25) is 0 Å². The molecule has 1 aliphatic rings. The minimum atomic E-state index is -0.288. The van der Waals surface area contributed by atoms with E-state index in [9.17, 15) is 14.7 Å². The molecule has 1 aliphatic carbocycles. The number of aromatic nitrogens is 2. The van der Waals surface area contributed by atoms with Crippen LogP contribution >= 0.6 is 0 Å². The van der Waals surface area contributed by atoms with Crippen molar-refractivity contribution in [3.63, 3.8) is 0 Å². The van der Waals surface area contributed by atoms with Crippen molar-refractivity contribution < 1.29 is 9.90 Å². The molecule has 1 aromatic heterocycles. The zero-order valence-corrected chi connectivity index (χ0v) is 14.0. The topological polar surface area (TPSA) is 84.2 Å². The highest BCUT2D eigenvalue weighted by molar-refractivity contribution is 5.76. The van der Waals surface area contributed by atoms with Crippen LogP contribution in [0.15, 0.2) is 10.9 Å². The first-order valence-corrected chi connectivity index (χ1v) is 8.55.